The Labute approximate surface area is 143 Å². The quantitative estimate of drug-likeness (QED) is 0.442. The summed E-state index contributed by atoms with van der Waals surface area (Å²) in [7, 11) is 0. The van der Waals surface area contributed by atoms with Crippen LogP contribution in [0.15, 0.2) is 54.2 Å². The lowest BCUT2D eigenvalue weighted by atomic mass is 10.2. The van der Waals surface area contributed by atoms with E-state index in [1.54, 1.807) is 36.4 Å². The van der Waals surface area contributed by atoms with Gasteiger partial charge in [-0.1, -0.05) is 35.3 Å². The standard InChI is InChI=1S/C16H12Cl2N4O/c17-12-3-1-2-4-14(12)21-9-10(8-19)16(23)22-15-6-5-11(20)7-13(15)18/h1-7,9,21H,20H2,(H,22,23)/b10-9-. The Morgan fingerprint density at radius 1 is 1.13 bits per heavy atom. The third kappa shape index (κ3) is 4.39. The first-order valence-corrected chi connectivity index (χ1v) is 7.24. The number of halogens is 2. The van der Waals surface area contributed by atoms with Crippen molar-refractivity contribution in [1.29, 1.82) is 5.26 Å². The summed E-state index contributed by atoms with van der Waals surface area (Å²) >= 11 is 12.0. The SMILES string of the molecule is N#C/C(=C/Nc1ccccc1Cl)C(=O)Nc1ccc(N)cc1Cl. The van der Waals surface area contributed by atoms with Crippen molar-refractivity contribution in [2.24, 2.45) is 0 Å². The van der Waals surface area contributed by atoms with Crippen molar-refractivity contribution in [2.75, 3.05) is 16.4 Å². The Kier molecular flexibility index (Phi) is 5.47. The summed E-state index contributed by atoms with van der Waals surface area (Å²) in [5.41, 5.74) is 6.89. The Morgan fingerprint density at radius 3 is 2.52 bits per heavy atom. The highest BCUT2D eigenvalue weighted by molar-refractivity contribution is 6.34. The largest absolute Gasteiger partial charge is 0.399 e. The number of amides is 1. The minimum Gasteiger partial charge on any atom is -0.399 e. The summed E-state index contributed by atoms with van der Waals surface area (Å²) in [5, 5.41) is 15.3. The van der Waals surface area contributed by atoms with Crippen molar-refractivity contribution in [1.82, 2.24) is 0 Å². The number of nitrogens with zero attached hydrogens (tertiary/aromatic N) is 1. The second-order valence-electron chi connectivity index (χ2n) is 4.49. The van der Waals surface area contributed by atoms with Gasteiger partial charge in [0.05, 0.1) is 21.4 Å². The summed E-state index contributed by atoms with van der Waals surface area (Å²) in [6, 6.07) is 13.5. The Morgan fingerprint density at radius 2 is 1.87 bits per heavy atom. The maximum Gasteiger partial charge on any atom is 0.267 e. The van der Waals surface area contributed by atoms with E-state index in [1.807, 2.05) is 6.07 Å². The molecule has 23 heavy (non-hydrogen) atoms. The van der Waals surface area contributed by atoms with Crippen LogP contribution in [0.25, 0.3) is 0 Å². The van der Waals surface area contributed by atoms with Crippen LogP contribution in [0.5, 0.6) is 0 Å². The molecule has 0 aromatic heterocycles. The molecular formula is C16H12Cl2N4O. The number of nitrogens with one attached hydrogen (secondary N) is 2. The molecule has 2 aromatic carbocycles. The highest BCUT2D eigenvalue weighted by Crippen LogP contribution is 2.24. The first-order chi connectivity index (χ1) is 11.0. The van der Waals surface area contributed by atoms with Gasteiger partial charge >= 0.3 is 0 Å². The first-order valence-electron chi connectivity index (χ1n) is 6.49. The van der Waals surface area contributed by atoms with E-state index in [9.17, 15) is 4.79 Å². The van der Waals surface area contributed by atoms with Crippen LogP contribution in [-0.2, 0) is 4.79 Å². The van der Waals surface area contributed by atoms with Gasteiger partial charge in [0.2, 0.25) is 0 Å². The van der Waals surface area contributed by atoms with Gasteiger partial charge in [-0.05, 0) is 30.3 Å². The Balaban J connectivity index is 2.14. The molecule has 0 heterocycles. The van der Waals surface area contributed by atoms with E-state index >= 15 is 0 Å². The number of nitrogens with two attached hydrogens (primary N) is 1. The number of carbonyl (C=O) groups is 1. The number of para-hydroxylation sites is 1. The minimum absolute atomic E-state index is 0.127. The molecule has 0 aliphatic carbocycles. The zero-order valence-electron chi connectivity index (χ0n) is 11.8. The number of anilines is 3. The summed E-state index contributed by atoms with van der Waals surface area (Å²) in [5.74, 6) is -0.598. The molecule has 0 fully saturated rings. The van der Waals surface area contributed by atoms with E-state index in [1.165, 1.54) is 12.3 Å². The van der Waals surface area contributed by atoms with Crippen LogP contribution in [0.3, 0.4) is 0 Å². The van der Waals surface area contributed by atoms with Crippen LogP contribution in [0.1, 0.15) is 0 Å². The lowest BCUT2D eigenvalue weighted by Crippen LogP contribution is -2.15. The summed E-state index contributed by atoms with van der Waals surface area (Å²) in [6.45, 7) is 0. The van der Waals surface area contributed by atoms with E-state index < -0.39 is 5.91 Å². The van der Waals surface area contributed by atoms with Gasteiger partial charge in [-0.3, -0.25) is 4.79 Å². The van der Waals surface area contributed by atoms with Gasteiger partial charge in [0.15, 0.2) is 0 Å². The lowest BCUT2D eigenvalue weighted by molar-refractivity contribution is -0.112. The van der Waals surface area contributed by atoms with E-state index in [-0.39, 0.29) is 10.6 Å². The molecule has 0 radical (unpaired) electrons. The molecule has 5 nitrogen and oxygen atoms in total. The third-order valence-corrected chi connectivity index (χ3v) is 3.49. The van der Waals surface area contributed by atoms with Gasteiger partial charge < -0.3 is 16.4 Å². The number of nitrogen functional groups attached to an aromatic ring is 1. The molecule has 116 valence electrons. The van der Waals surface area contributed by atoms with Crippen LogP contribution in [0.2, 0.25) is 10.0 Å². The van der Waals surface area contributed by atoms with E-state index in [0.29, 0.717) is 22.1 Å². The van der Waals surface area contributed by atoms with E-state index in [4.69, 9.17) is 34.2 Å². The fourth-order valence-corrected chi connectivity index (χ4v) is 2.13. The van der Waals surface area contributed by atoms with Crippen molar-refractivity contribution >= 4 is 46.2 Å². The summed E-state index contributed by atoms with van der Waals surface area (Å²) < 4.78 is 0. The molecule has 0 spiro atoms. The normalized spacial score (nSPS) is 10.7. The molecule has 0 aliphatic heterocycles. The van der Waals surface area contributed by atoms with Crippen LogP contribution in [0.4, 0.5) is 17.1 Å². The Hall–Kier alpha value is -2.68. The Bertz CT molecular complexity index is 812. The number of hydrogen-bond donors (Lipinski definition) is 3. The van der Waals surface area contributed by atoms with E-state index in [0.717, 1.165) is 0 Å². The monoisotopic (exact) mass is 346 g/mol. The molecule has 4 N–H and O–H groups in total. The third-order valence-electron chi connectivity index (χ3n) is 2.85. The van der Waals surface area contributed by atoms with Gasteiger partial charge in [0, 0.05) is 11.9 Å². The van der Waals surface area contributed by atoms with Gasteiger partial charge in [-0.15, -0.1) is 0 Å². The molecule has 0 unspecified atom stereocenters. The molecule has 1 amide bonds. The van der Waals surface area contributed by atoms with E-state index in [2.05, 4.69) is 10.6 Å². The second-order valence-corrected chi connectivity index (χ2v) is 5.30. The van der Waals surface area contributed by atoms with Crippen molar-refractivity contribution in [3.05, 3.63) is 64.3 Å². The van der Waals surface area contributed by atoms with Crippen molar-refractivity contribution in [2.45, 2.75) is 0 Å². The zero-order valence-corrected chi connectivity index (χ0v) is 13.3. The number of nitriles is 1. The van der Waals surface area contributed by atoms with Gasteiger partial charge in [0.1, 0.15) is 11.6 Å². The van der Waals surface area contributed by atoms with Gasteiger partial charge in [-0.2, -0.15) is 5.26 Å². The van der Waals surface area contributed by atoms with Crippen LogP contribution < -0.4 is 16.4 Å². The number of carbonyl (C=O) groups excluding carboxylic acids is 1. The molecule has 2 aromatic rings. The molecule has 0 atom stereocenters. The number of benzene rings is 2. The van der Waals surface area contributed by atoms with Crippen LogP contribution in [-0.4, -0.2) is 5.91 Å². The molecule has 0 saturated carbocycles. The van der Waals surface area contributed by atoms with Gasteiger partial charge in [-0.25, -0.2) is 0 Å². The average Bonchev–Trinajstić information content (AvgIpc) is 2.52. The minimum atomic E-state index is -0.598. The predicted molar refractivity (Wildman–Crippen MR) is 93.3 cm³/mol. The topological polar surface area (TPSA) is 90.9 Å². The highest BCUT2D eigenvalue weighted by Gasteiger charge is 2.11. The predicted octanol–water partition coefficient (Wildman–Crippen LogP) is 4.03. The number of hydrogen-bond acceptors (Lipinski definition) is 4. The zero-order chi connectivity index (χ0) is 16.8. The maximum atomic E-state index is 12.1. The molecule has 2 rings (SSSR count). The van der Waals surface area contributed by atoms with Crippen molar-refractivity contribution < 1.29 is 4.79 Å². The molecule has 0 saturated heterocycles. The van der Waals surface area contributed by atoms with Gasteiger partial charge in [0.25, 0.3) is 5.91 Å². The van der Waals surface area contributed by atoms with Crippen LogP contribution in [0, 0.1) is 11.3 Å². The smallest absolute Gasteiger partial charge is 0.267 e. The van der Waals surface area contributed by atoms with Crippen molar-refractivity contribution in [3.8, 4) is 6.07 Å². The first kappa shape index (κ1) is 16.7. The second kappa shape index (κ2) is 7.54. The fraction of sp³-hybridized carbons (Fsp3) is 0. The molecule has 0 bridgehead atoms. The van der Waals surface area contributed by atoms with Crippen molar-refractivity contribution in [3.63, 3.8) is 0 Å². The highest BCUT2D eigenvalue weighted by atomic mass is 35.5. The summed E-state index contributed by atoms with van der Waals surface area (Å²) in [6.07, 6.45) is 1.28. The van der Waals surface area contributed by atoms with Crippen LogP contribution >= 0.6 is 23.2 Å². The number of rotatable bonds is 4. The molecular weight excluding hydrogens is 335 g/mol. The summed E-state index contributed by atoms with van der Waals surface area (Å²) in [4.78, 5) is 12.1. The maximum absolute atomic E-state index is 12.1. The molecule has 7 heteroatoms. The fourth-order valence-electron chi connectivity index (χ4n) is 1.70. The lowest BCUT2D eigenvalue weighted by Gasteiger charge is -2.08. The average molecular weight is 347 g/mol. The molecule has 0 aliphatic rings.